The fraction of sp³-hybridized carbons (Fsp3) is 0.429. The first kappa shape index (κ1) is 15.2. The number of carbonyl (C=O) groups is 1. The Bertz CT molecular complexity index is 618. The van der Waals surface area contributed by atoms with E-state index in [9.17, 15) is 18.0 Å². The monoisotopic (exact) mass is 298 g/mol. The zero-order valence-corrected chi connectivity index (χ0v) is 11.4. The number of hydrogen-bond donors (Lipinski definition) is 1. The summed E-state index contributed by atoms with van der Waals surface area (Å²) >= 11 is 0. The summed E-state index contributed by atoms with van der Waals surface area (Å²) in [6.07, 6.45) is -5.51. The van der Waals surface area contributed by atoms with E-state index in [2.05, 4.69) is 10.2 Å². The molecule has 7 heteroatoms. The van der Waals surface area contributed by atoms with Gasteiger partial charge in [-0.05, 0) is 12.1 Å². The van der Waals surface area contributed by atoms with Crippen LogP contribution in [0.1, 0.15) is 19.4 Å². The third-order valence-corrected chi connectivity index (χ3v) is 3.31. The van der Waals surface area contributed by atoms with E-state index in [1.165, 1.54) is 6.07 Å². The van der Waals surface area contributed by atoms with E-state index in [0.717, 1.165) is 12.1 Å². The molecular formula is C14H13F3N2O2. The van der Waals surface area contributed by atoms with Crippen LogP contribution in [0.5, 0.6) is 5.75 Å². The van der Waals surface area contributed by atoms with Crippen molar-refractivity contribution in [3.05, 3.63) is 35.2 Å². The summed E-state index contributed by atoms with van der Waals surface area (Å²) in [6.45, 7) is 10.7. The maximum Gasteiger partial charge on any atom is 0.407 e. The minimum atomic E-state index is -4.65. The van der Waals surface area contributed by atoms with Gasteiger partial charge in [0.2, 0.25) is 0 Å². The van der Waals surface area contributed by atoms with Crippen LogP contribution < -0.4 is 10.1 Å². The molecule has 1 heterocycles. The molecular weight excluding hydrogens is 285 g/mol. The zero-order chi connectivity index (χ0) is 15.8. The molecule has 21 heavy (non-hydrogen) atoms. The van der Waals surface area contributed by atoms with Crippen LogP contribution >= 0.6 is 0 Å². The van der Waals surface area contributed by atoms with Crippen molar-refractivity contribution in [2.24, 2.45) is 5.41 Å². The molecule has 1 unspecified atom stereocenters. The van der Waals surface area contributed by atoms with Gasteiger partial charge in [0.25, 0.3) is 5.91 Å². The van der Waals surface area contributed by atoms with Gasteiger partial charge in [-0.25, -0.2) is 4.85 Å². The minimum Gasteiger partial charge on any atom is -0.480 e. The molecule has 0 saturated carbocycles. The SMILES string of the molecule is [C-]#[N+]c1ccc(OC2C(=O)NCC2(C)C)cc1C(F)(F)F. The van der Waals surface area contributed by atoms with Crippen molar-refractivity contribution in [2.45, 2.75) is 26.1 Å². The Hall–Kier alpha value is -2.23. The first-order valence-corrected chi connectivity index (χ1v) is 6.18. The highest BCUT2D eigenvalue weighted by atomic mass is 19.4. The Labute approximate surface area is 119 Å². The van der Waals surface area contributed by atoms with Crippen molar-refractivity contribution in [3.8, 4) is 5.75 Å². The standard InChI is InChI=1S/C14H13F3N2O2/c1-13(2)7-19-12(20)11(13)21-8-4-5-10(18-3)9(6-8)14(15,16)17/h4-6,11H,7H2,1-2H3,(H,19,20). The number of benzene rings is 1. The molecule has 1 aliphatic rings. The smallest absolute Gasteiger partial charge is 0.407 e. The summed E-state index contributed by atoms with van der Waals surface area (Å²) in [5, 5.41) is 2.61. The van der Waals surface area contributed by atoms with Gasteiger partial charge in [0.15, 0.2) is 11.8 Å². The summed E-state index contributed by atoms with van der Waals surface area (Å²) < 4.78 is 44.1. The van der Waals surface area contributed by atoms with Crippen molar-refractivity contribution >= 4 is 11.6 Å². The summed E-state index contributed by atoms with van der Waals surface area (Å²) in [7, 11) is 0. The fourth-order valence-corrected chi connectivity index (χ4v) is 2.12. The predicted octanol–water partition coefficient (Wildman–Crippen LogP) is 3.16. The van der Waals surface area contributed by atoms with Crippen LogP contribution in [0.4, 0.5) is 18.9 Å². The highest BCUT2D eigenvalue weighted by Gasteiger charge is 2.43. The molecule has 112 valence electrons. The van der Waals surface area contributed by atoms with Crippen molar-refractivity contribution in [1.29, 1.82) is 0 Å². The van der Waals surface area contributed by atoms with Gasteiger partial charge in [-0.1, -0.05) is 19.9 Å². The molecule has 2 rings (SSSR count). The van der Waals surface area contributed by atoms with Crippen molar-refractivity contribution < 1.29 is 22.7 Å². The number of hydrogen-bond acceptors (Lipinski definition) is 2. The molecule has 0 spiro atoms. The third-order valence-electron chi connectivity index (χ3n) is 3.31. The highest BCUT2D eigenvalue weighted by molar-refractivity contribution is 5.84. The summed E-state index contributed by atoms with van der Waals surface area (Å²) in [4.78, 5) is 14.5. The van der Waals surface area contributed by atoms with E-state index in [4.69, 9.17) is 11.3 Å². The number of nitrogens with one attached hydrogen (secondary N) is 1. The number of nitrogens with zero attached hydrogens (tertiary/aromatic N) is 1. The third kappa shape index (κ3) is 2.94. The van der Waals surface area contributed by atoms with Crippen LogP contribution in [0.15, 0.2) is 18.2 Å². The van der Waals surface area contributed by atoms with Gasteiger partial charge in [0.05, 0.1) is 12.1 Å². The van der Waals surface area contributed by atoms with Crippen LogP contribution in [0.2, 0.25) is 0 Å². The van der Waals surface area contributed by atoms with Gasteiger partial charge in [0.1, 0.15) is 5.75 Å². The Balaban J connectivity index is 2.34. The summed E-state index contributed by atoms with van der Waals surface area (Å²) in [5.41, 5.74) is -2.08. The quantitative estimate of drug-likeness (QED) is 0.852. The molecule has 1 aromatic rings. The fourth-order valence-electron chi connectivity index (χ4n) is 2.12. The van der Waals surface area contributed by atoms with Crippen LogP contribution in [-0.2, 0) is 11.0 Å². The lowest BCUT2D eigenvalue weighted by molar-refractivity contribution is -0.137. The van der Waals surface area contributed by atoms with Crippen LogP contribution in [0.3, 0.4) is 0 Å². The second-order valence-electron chi connectivity index (χ2n) is 5.49. The molecule has 1 aliphatic heterocycles. The van der Waals surface area contributed by atoms with Gasteiger partial charge < -0.3 is 10.1 Å². The number of rotatable bonds is 2. The van der Waals surface area contributed by atoms with Gasteiger partial charge in [-0.3, -0.25) is 4.79 Å². The van der Waals surface area contributed by atoms with Crippen molar-refractivity contribution in [3.63, 3.8) is 0 Å². The Morgan fingerprint density at radius 1 is 1.43 bits per heavy atom. The van der Waals surface area contributed by atoms with Crippen molar-refractivity contribution in [2.75, 3.05) is 6.54 Å². The molecule has 1 amide bonds. The molecule has 1 saturated heterocycles. The van der Waals surface area contributed by atoms with Gasteiger partial charge >= 0.3 is 6.18 Å². The summed E-state index contributed by atoms with van der Waals surface area (Å²) in [5.74, 6) is -0.437. The second kappa shape index (κ2) is 4.95. The van der Waals surface area contributed by atoms with E-state index < -0.39 is 28.9 Å². The maximum atomic E-state index is 12.9. The van der Waals surface area contributed by atoms with E-state index in [1.54, 1.807) is 13.8 Å². The predicted molar refractivity (Wildman–Crippen MR) is 68.9 cm³/mol. The van der Waals surface area contributed by atoms with Gasteiger partial charge in [-0.2, -0.15) is 13.2 Å². The van der Waals surface area contributed by atoms with E-state index >= 15 is 0 Å². The molecule has 0 aromatic heterocycles. The lowest BCUT2D eigenvalue weighted by Gasteiger charge is -2.24. The maximum absolute atomic E-state index is 12.9. The number of carbonyl (C=O) groups excluding carboxylic acids is 1. The van der Waals surface area contributed by atoms with Gasteiger partial charge in [0, 0.05) is 12.0 Å². The van der Waals surface area contributed by atoms with Crippen LogP contribution in [-0.4, -0.2) is 18.6 Å². The molecule has 1 atom stereocenters. The highest BCUT2D eigenvalue weighted by Crippen LogP contribution is 2.39. The average Bonchev–Trinajstić information content (AvgIpc) is 2.64. The Morgan fingerprint density at radius 2 is 2.10 bits per heavy atom. The molecule has 1 N–H and O–H groups in total. The number of halogens is 3. The number of amides is 1. The van der Waals surface area contributed by atoms with Crippen LogP contribution in [0, 0.1) is 12.0 Å². The Kier molecular flexibility index (Phi) is 3.58. The van der Waals surface area contributed by atoms with E-state index in [0.29, 0.717) is 6.54 Å². The molecule has 1 fully saturated rings. The largest absolute Gasteiger partial charge is 0.480 e. The molecule has 0 aliphatic carbocycles. The minimum absolute atomic E-state index is 0.0788. The van der Waals surface area contributed by atoms with Crippen molar-refractivity contribution in [1.82, 2.24) is 5.32 Å². The van der Waals surface area contributed by atoms with E-state index in [1.807, 2.05) is 0 Å². The summed E-state index contributed by atoms with van der Waals surface area (Å²) in [6, 6.07) is 3.07. The lowest BCUT2D eigenvalue weighted by Crippen LogP contribution is -2.36. The number of alkyl halides is 3. The molecule has 0 radical (unpaired) electrons. The van der Waals surface area contributed by atoms with E-state index in [-0.39, 0.29) is 11.7 Å². The normalized spacial score (nSPS) is 20.8. The van der Waals surface area contributed by atoms with Gasteiger partial charge in [-0.15, -0.1) is 0 Å². The topological polar surface area (TPSA) is 42.7 Å². The average molecular weight is 298 g/mol. The zero-order valence-electron chi connectivity index (χ0n) is 11.4. The lowest BCUT2D eigenvalue weighted by atomic mass is 9.89. The van der Waals surface area contributed by atoms with Crippen LogP contribution in [0.25, 0.3) is 4.85 Å². The Morgan fingerprint density at radius 3 is 2.57 bits per heavy atom. The first-order valence-electron chi connectivity index (χ1n) is 6.18. The second-order valence-corrected chi connectivity index (χ2v) is 5.49. The molecule has 1 aromatic carbocycles. The number of ether oxygens (including phenoxy) is 1. The first-order chi connectivity index (χ1) is 9.65. The molecule has 0 bridgehead atoms. The molecule has 4 nitrogen and oxygen atoms in total.